The molecule has 1 fully saturated rings. The predicted molar refractivity (Wildman–Crippen MR) is 67.4 cm³/mol. The molecule has 84 valence electrons. The number of thiophene rings is 1. The van der Waals surface area contributed by atoms with E-state index in [2.05, 4.69) is 45.1 Å². The van der Waals surface area contributed by atoms with Crippen molar-refractivity contribution in [2.75, 3.05) is 0 Å². The molecule has 2 heteroatoms. The minimum Gasteiger partial charge on any atom is -0.309 e. The molecule has 0 radical (unpaired) electrons. The van der Waals surface area contributed by atoms with Gasteiger partial charge in [0.1, 0.15) is 0 Å². The smallest absolute Gasteiger partial charge is 0.0302 e. The summed E-state index contributed by atoms with van der Waals surface area (Å²) in [5.74, 6) is 0.895. The molecule has 0 aromatic carbocycles. The third-order valence-electron chi connectivity index (χ3n) is 3.05. The van der Waals surface area contributed by atoms with Crippen molar-refractivity contribution in [3.63, 3.8) is 0 Å². The highest BCUT2D eigenvalue weighted by Gasteiger charge is 2.31. The number of rotatable bonds is 3. The molecule has 0 amide bonds. The second kappa shape index (κ2) is 3.91. The quantitative estimate of drug-likeness (QED) is 0.826. The molecule has 1 nitrogen and oxygen atoms in total. The maximum Gasteiger partial charge on any atom is 0.0302 e. The van der Waals surface area contributed by atoms with E-state index in [0.29, 0.717) is 5.41 Å². The molecule has 0 spiro atoms. The van der Waals surface area contributed by atoms with E-state index in [1.807, 2.05) is 11.3 Å². The van der Waals surface area contributed by atoms with Crippen LogP contribution in [0, 0.1) is 5.92 Å². The van der Waals surface area contributed by atoms with Gasteiger partial charge in [-0.15, -0.1) is 11.3 Å². The fourth-order valence-corrected chi connectivity index (χ4v) is 2.73. The van der Waals surface area contributed by atoms with Crippen LogP contribution in [-0.2, 0) is 12.0 Å². The van der Waals surface area contributed by atoms with Crippen molar-refractivity contribution in [1.82, 2.24) is 5.32 Å². The first kappa shape index (κ1) is 11.2. The lowest BCUT2D eigenvalue weighted by atomic mass is 9.95. The van der Waals surface area contributed by atoms with Gasteiger partial charge in [-0.1, -0.05) is 27.7 Å². The van der Waals surface area contributed by atoms with E-state index in [1.54, 1.807) is 0 Å². The van der Waals surface area contributed by atoms with Gasteiger partial charge in [0.05, 0.1) is 0 Å². The highest BCUT2D eigenvalue weighted by molar-refractivity contribution is 7.12. The minimum absolute atomic E-state index is 0.301. The highest BCUT2D eigenvalue weighted by Crippen LogP contribution is 2.32. The Kier molecular flexibility index (Phi) is 2.91. The Balaban J connectivity index is 1.90. The first-order chi connectivity index (χ1) is 6.97. The van der Waals surface area contributed by atoms with E-state index in [0.717, 1.165) is 18.5 Å². The molecule has 1 saturated carbocycles. The van der Waals surface area contributed by atoms with E-state index in [-0.39, 0.29) is 0 Å². The van der Waals surface area contributed by atoms with Crippen LogP contribution in [0.4, 0.5) is 0 Å². The molecule has 1 aliphatic rings. The molecule has 2 rings (SSSR count). The Hall–Kier alpha value is -0.340. The zero-order valence-corrected chi connectivity index (χ0v) is 10.9. The van der Waals surface area contributed by atoms with Crippen LogP contribution in [-0.4, -0.2) is 6.04 Å². The van der Waals surface area contributed by atoms with Gasteiger partial charge in [-0.2, -0.15) is 0 Å². The summed E-state index contributed by atoms with van der Waals surface area (Å²) in [6.07, 6.45) is 1.36. The molecule has 2 unspecified atom stereocenters. The van der Waals surface area contributed by atoms with Gasteiger partial charge in [-0.25, -0.2) is 0 Å². The van der Waals surface area contributed by atoms with Crippen LogP contribution in [0.15, 0.2) is 12.1 Å². The lowest BCUT2D eigenvalue weighted by Crippen LogP contribution is -2.16. The van der Waals surface area contributed by atoms with E-state index >= 15 is 0 Å². The minimum atomic E-state index is 0.301. The zero-order chi connectivity index (χ0) is 11.1. The summed E-state index contributed by atoms with van der Waals surface area (Å²) >= 11 is 1.95. The predicted octanol–water partition coefficient (Wildman–Crippen LogP) is 3.54. The molecular formula is C13H21NS. The largest absolute Gasteiger partial charge is 0.309 e. The van der Waals surface area contributed by atoms with Crippen molar-refractivity contribution in [2.45, 2.75) is 52.1 Å². The van der Waals surface area contributed by atoms with Gasteiger partial charge >= 0.3 is 0 Å². The SMILES string of the molecule is CC1CC1NCc1ccc(C(C)(C)C)s1. The molecule has 0 aliphatic heterocycles. The summed E-state index contributed by atoms with van der Waals surface area (Å²) in [6.45, 7) is 10.2. The van der Waals surface area contributed by atoms with Crippen LogP contribution in [0.25, 0.3) is 0 Å². The van der Waals surface area contributed by atoms with Gasteiger partial charge < -0.3 is 5.32 Å². The Morgan fingerprint density at radius 1 is 1.40 bits per heavy atom. The van der Waals surface area contributed by atoms with Crippen molar-refractivity contribution >= 4 is 11.3 Å². The molecule has 1 aromatic rings. The number of hydrogen-bond donors (Lipinski definition) is 1. The molecule has 1 aliphatic carbocycles. The third-order valence-corrected chi connectivity index (χ3v) is 4.56. The molecular weight excluding hydrogens is 202 g/mol. The first-order valence-electron chi connectivity index (χ1n) is 5.79. The van der Waals surface area contributed by atoms with Crippen molar-refractivity contribution in [2.24, 2.45) is 5.92 Å². The summed E-state index contributed by atoms with van der Waals surface area (Å²) in [4.78, 5) is 2.96. The summed E-state index contributed by atoms with van der Waals surface area (Å²) in [6, 6.07) is 5.33. The van der Waals surface area contributed by atoms with Crippen LogP contribution >= 0.6 is 11.3 Å². The Labute approximate surface area is 96.9 Å². The fourth-order valence-electron chi connectivity index (χ4n) is 1.71. The Bertz CT molecular complexity index is 335. The van der Waals surface area contributed by atoms with Gasteiger partial charge in [-0.05, 0) is 29.9 Å². The van der Waals surface area contributed by atoms with Crippen molar-refractivity contribution in [1.29, 1.82) is 0 Å². The normalized spacial score (nSPS) is 25.6. The van der Waals surface area contributed by atoms with Crippen molar-refractivity contribution in [3.05, 3.63) is 21.9 Å². The van der Waals surface area contributed by atoms with Crippen LogP contribution in [0.3, 0.4) is 0 Å². The lowest BCUT2D eigenvalue weighted by Gasteiger charge is -2.15. The lowest BCUT2D eigenvalue weighted by molar-refractivity contribution is 0.604. The molecule has 1 N–H and O–H groups in total. The van der Waals surface area contributed by atoms with Crippen LogP contribution in [0.2, 0.25) is 0 Å². The molecule has 0 bridgehead atoms. The first-order valence-corrected chi connectivity index (χ1v) is 6.61. The van der Waals surface area contributed by atoms with Crippen molar-refractivity contribution in [3.8, 4) is 0 Å². The van der Waals surface area contributed by atoms with Gasteiger partial charge in [-0.3, -0.25) is 0 Å². The summed E-state index contributed by atoms with van der Waals surface area (Å²) < 4.78 is 0. The van der Waals surface area contributed by atoms with Crippen LogP contribution in [0.1, 0.15) is 43.9 Å². The second-order valence-corrected chi connectivity index (χ2v) is 6.88. The number of hydrogen-bond acceptors (Lipinski definition) is 2. The van der Waals surface area contributed by atoms with Crippen LogP contribution < -0.4 is 5.32 Å². The third kappa shape index (κ3) is 2.82. The average Bonchev–Trinajstić information content (AvgIpc) is 2.66. The zero-order valence-electron chi connectivity index (χ0n) is 10.1. The standard InChI is InChI=1S/C13H21NS/c1-9-7-11(9)14-8-10-5-6-12(15-10)13(2,3)4/h5-6,9,11,14H,7-8H2,1-4H3. The highest BCUT2D eigenvalue weighted by atomic mass is 32.1. The van der Waals surface area contributed by atoms with Gasteiger partial charge in [0.15, 0.2) is 0 Å². The van der Waals surface area contributed by atoms with Gasteiger partial charge in [0.2, 0.25) is 0 Å². The Morgan fingerprint density at radius 3 is 2.53 bits per heavy atom. The van der Waals surface area contributed by atoms with E-state index in [4.69, 9.17) is 0 Å². The summed E-state index contributed by atoms with van der Waals surface area (Å²) in [5.41, 5.74) is 0.301. The average molecular weight is 223 g/mol. The molecule has 0 saturated heterocycles. The molecule has 2 atom stereocenters. The summed E-state index contributed by atoms with van der Waals surface area (Å²) in [7, 11) is 0. The van der Waals surface area contributed by atoms with E-state index < -0.39 is 0 Å². The van der Waals surface area contributed by atoms with Gasteiger partial charge in [0, 0.05) is 22.3 Å². The maximum atomic E-state index is 3.60. The van der Waals surface area contributed by atoms with E-state index in [9.17, 15) is 0 Å². The summed E-state index contributed by atoms with van der Waals surface area (Å²) in [5, 5.41) is 3.60. The number of nitrogens with one attached hydrogen (secondary N) is 1. The molecule has 15 heavy (non-hydrogen) atoms. The monoisotopic (exact) mass is 223 g/mol. The topological polar surface area (TPSA) is 12.0 Å². The van der Waals surface area contributed by atoms with Crippen LogP contribution in [0.5, 0.6) is 0 Å². The molecule has 1 aromatic heterocycles. The van der Waals surface area contributed by atoms with Crippen molar-refractivity contribution < 1.29 is 0 Å². The Morgan fingerprint density at radius 2 is 2.07 bits per heavy atom. The van der Waals surface area contributed by atoms with E-state index in [1.165, 1.54) is 16.2 Å². The second-order valence-electron chi connectivity index (χ2n) is 5.72. The molecule has 1 heterocycles. The van der Waals surface area contributed by atoms with Gasteiger partial charge in [0.25, 0.3) is 0 Å². The fraction of sp³-hybridized carbons (Fsp3) is 0.692. The maximum absolute atomic E-state index is 3.60.